The molecule has 1 aromatic carbocycles. The number of aryl methyl sites for hydroxylation is 1. The van der Waals surface area contributed by atoms with Crippen LogP contribution in [0.25, 0.3) is 0 Å². The number of aliphatic hydroxyl groups is 1. The van der Waals surface area contributed by atoms with Crippen LogP contribution in [0.5, 0.6) is 0 Å². The first-order valence-corrected chi connectivity index (χ1v) is 8.17. The van der Waals surface area contributed by atoms with Crippen molar-refractivity contribution in [2.45, 2.75) is 26.9 Å². The fraction of sp³-hybridized carbons (Fsp3) is 0.438. The minimum absolute atomic E-state index is 0.139. The van der Waals surface area contributed by atoms with Crippen molar-refractivity contribution in [2.75, 3.05) is 13.1 Å². The van der Waals surface area contributed by atoms with Gasteiger partial charge in [0.2, 0.25) is 0 Å². The molecule has 1 amide bonds. The van der Waals surface area contributed by atoms with Crippen LogP contribution in [0.15, 0.2) is 24.3 Å². The van der Waals surface area contributed by atoms with Crippen LogP contribution in [0.4, 0.5) is 4.39 Å². The number of carbonyl (C=O) groups excluding carboxylic acids is 1. The van der Waals surface area contributed by atoms with Crippen molar-refractivity contribution in [2.24, 2.45) is 5.92 Å². The zero-order valence-corrected chi connectivity index (χ0v) is 14.2. The molecule has 0 spiro atoms. The zero-order valence-electron chi connectivity index (χ0n) is 13.4. The minimum atomic E-state index is -0.875. The number of rotatable bonds is 6. The van der Waals surface area contributed by atoms with Crippen molar-refractivity contribution in [3.63, 3.8) is 0 Å². The van der Waals surface area contributed by atoms with E-state index in [0.29, 0.717) is 22.7 Å². The third kappa shape index (κ3) is 4.56. The topological polar surface area (TPSA) is 66.3 Å². The van der Waals surface area contributed by atoms with Gasteiger partial charge in [-0.05, 0) is 42.1 Å². The first-order chi connectivity index (χ1) is 10.9. The van der Waals surface area contributed by atoms with Gasteiger partial charge in [0.1, 0.15) is 10.7 Å². The van der Waals surface area contributed by atoms with E-state index >= 15 is 0 Å². The minimum Gasteiger partial charge on any atom is -0.387 e. The third-order valence-corrected chi connectivity index (χ3v) is 4.18. The van der Waals surface area contributed by atoms with Crippen molar-refractivity contribution in [3.05, 3.63) is 46.2 Å². The van der Waals surface area contributed by atoms with E-state index in [9.17, 15) is 14.3 Å². The number of amides is 1. The van der Waals surface area contributed by atoms with E-state index in [1.807, 2.05) is 13.8 Å². The average Bonchev–Trinajstić information content (AvgIpc) is 2.92. The first kappa shape index (κ1) is 17.5. The Hall–Kier alpha value is -1.86. The summed E-state index contributed by atoms with van der Waals surface area (Å²) in [6, 6.07) is 5.64. The second-order valence-corrected chi connectivity index (χ2v) is 6.61. The molecule has 1 atom stereocenters. The van der Waals surface area contributed by atoms with Crippen molar-refractivity contribution < 1.29 is 14.3 Å². The lowest BCUT2D eigenvalue weighted by molar-refractivity contribution is 0.0598. The number of benzene rings is 1. The Morgan fingerprint density at radius 1 is 1.30 bits per heavy atom. The fourth-order valence-corrected chi connectivity index (χ4v) is 2.88. The quantitative estimate of drug-likeness (QED) is 0.880. The molecule has 7 heteroatoms. The molecule has 0 saturated heterocycles. The zero-order chi connectivity index (χ0) is 17.0. The smallest absolute Gasteiger partial charge is 0.267 e. The number of hydrogen-bond donors (Lipinski definition) is 1. The van der Waals surface area contributed by atoms with Crippen molar-refractivity contribution in [1.82, 2.24) is 14.5 Å². The Bertz CT molecular complexity index is 658. The van der Waals surface area contributed by atoms with Gasteiger partial charge < -0.3 is 10.0 Å². The summed E-state index contributed by atoms with van der Waals surface area (Å²) < 4.78 is 16.8. The largest absolute Gasteiger partial charge is 0.387 e. The average molecular weight is 337 g/mol. The molecule has 0 bridgehead atoms. The van der Waals surface area contributed by atoms with E-state index in [1.54, 1.807) is 11.8 Å². The number of hydrogen-bond acceptors (Lipinski definition) is 5. The summed E-state index contributed by atoms with van der Waals surface area (Å²) in [5.74, 6) is -0.296. The Labute approximate surface area is 138 Å². The lowest BCUT2D eigenvalue weighted by Crippen LogP contribution is -2.37. The van der Waals surface area contributed by atoms with E-state index in [0.717, 1.165) is 11.5 Å². The van der Waals surface area contributed by atoms with Crippen LogP contribution in [0.1, 0.15) is 40.9 Å². The lowest BCUT2D eigenvalue weighted by Gasteiger charge is -2.26. The molecule has 0 saturated carbocycles. The molecule has 2 rings (SSSR count). The molecule has 0 unspecified atom stereocenters. The van der Waals surface area contributed by atoms with Gasteiger partial charge in [-0.25, -0.2) is 4.39 Å². The molecule has 0 aliphatic rings. The van der Waals surface area contributed by atoms with Crippen molar-refractivity contribution >= 4 is 17.4 Å². The monoisotopic (exact) mass is 337 g/mol. The molecule has 2 aromatic rings. The second-order valence-electron chi connectivity index (χ2n) is 5.86. The van der Waals surface area contributed by atoms with Gasteiger partial charge >= 0.3 is 0 Å². The Morgan fingerprint density at radius 3 is 2.48 bits per heavy atom. The van der Waals surface area contributed by atoms with Gasteiger partial charge in [-0.2, -0.15) is 0 Å². The highest BCUT2D eigenvalue weighted by Crippen LogP contribution is 2.19. The number of aliphatic hydroxyl groups excluding tert-OH is 1. The highest BCUT2D eigenvalue weighted by molar-refractivity contribution is 7.07. The van der Waals surface area contributed by atoms with Crippen LogP contribution in [-0.2, 0) is 0 Å². The Kier molecular flexibility index (Phi) is 5.79. The van der Waals surface area contributed by atoms with Gasteiger partial charge in [-0.3, -0.25) is 4.79 Å². The van der Waals surface area contributed by atoms with E-state index in [1.165, 1.54) is 24.3 Å². The van der Waals surface area contributed by atoms with Gasteiger partial charge in [0, 0.05) is 6.54 Å². The predicted molar refractivity (Wildman–Crippen MR) is 86.7 cm³/mol. The molecular formula is C16H20FN3O2S. The third-order valence-electron chi connectivity index (χ3n) is 3.37. The maximum atomic E-state index is 13.0. The first-order valence-electron chi connectivity index (χ1n) is 7.40. The highest BCUT2D eigenvalue weighted by Gasteiger charge is 2.24. The maximum Gasteiger partial charge on any atom is 0.267 e. The van der Waals surface area contributed by atoms with Gasteiger partial charge in [0.15, 0.2) is 0 Å². The molecule has 0 fully saturated rings. The molecule has 1 heterocycles. The summed E-state index contributed by atoms with van der Waals surface area (Å²) in [6.07, 6.45) is -0.875. The fourth-order valence-electron chi connectivity index (χ4n) is 2.25. The summed E-state index contributed by atoms with van der Waals surface area (Å²) in [5.41, 5.74) is 1.16. The summed E-state index contributed by atoms with van der Waals surface area (Å²) in [6.45, 7) is 6.39. The summed E-state index contributed by atoms with van der Waals surface area (Å²) in [4.78, 5) is 14.7. The standard InChI is InChI=1S/C16H20FN3O2S/c1-10(2)8-20(16(22)15-11(3)18-19-23-15)9-14(21)12-4-6-13(17)7-5-12/h4-7,10,14,21H,8-9H2,1-3H3/t14-/m0/s1. The van der Waals surface area contributed by atoms with Gasteiger partial charge in [0.05, 0.1) is 18.3 Å². The number of nitrogens with zero attached hydrogens (tertiary/aromatic N) is 3. The predicted octanol–water partition coefficient (Wildman–Crippen LogP) is 2.82. The van der Waals surface area contributed by atoms with E-state index in [-0.39, 0.29) is 24.2 Å². The molecule has 0 aliphatic carbocycles. The van der Waals surface area contributed by atoms with Crippen LogP contribution < -0.4 is 0 Å². The summed E-state index contributed by atoms with van der Waals surface area (Å²) in [7, 11) is 0. The second kappa shape index (κ2) is 7.61. The van der Waals surface area contributed by atoms with E-state index < -0.39 is 6.10 Å². The van der Waals surface area contributed by atoms with Crippen molar-refractivity contribution in [3.8, 4) is 0 Å². The molecule has 5 nitrogen and oxygen atoms in total. The number of halogens is 1. The van der Waals surface area contributed by atoms with Crippen LogP contribution in [0, 0.1) is 18.7 Å². The van der Waals surface area contributed by atoms with Crippen LogP contribution >= 0.6 is 11.5 Å². The van der Waals surface area contributed by atoms with Gasteiger partial charge in [-0.15, -0.1) is 5.10 Å². The van der Waals surface area contributed by atoms with E-state index in [2.05, 4.69) is 9.59 Å². The molecule has 0 radical (unpaired) electrons. The van der Waals surface area contributed by atoms with Gasteiger partial charge in [-0.1, -0.05) is 30.5 Å². The summed E-state index contributed by atoms with van der Waals surface area (Å²) in [5, 5.41) is 14.2. The van der Waals surface area contributed by atoms with Gasteiger partial charge in [0.25, 0.3) is 5.91 Å². The molecule has 23 heavy (non-hydrogen) atoms. The maximum absolute atomic E-state index is 13.0. The highest BCUT2D eigenvalue weighted by atomic mass is 32.1. The molecule has 124 valence electrons. The van der Waals surface area contributed by atoms with Crippen LogP contribution in [0.2, 0.25) is 0 Å². The molecule has 0 aliphatic heterocycles. The Balaban J connectivity index is 2.16. The molecule has 1 N–H and O–H groups in total. The normalized spacial score (nSPS) is 12.4. The Morgan fingerprint density at radius 2 is 1.96 bits per heavy atom. The van der Waals surface area contributed by atoms with Crippen molar-refractivity contribution in [1.29, 1.82) is 0 Å². The van der Waals surface area contributed by atoms with E-state index in [4.69, 9.17) is 0 Å². The summed E-state index contributed by atoms with van der Waals surface area (Å²) >= 11 is 1.05. The number of carbonyl (C=O) groups is 1. The van der Waals surface area contributed by atoms with Crippen LogP contribution in [0.3, 0.4) is 0 Å². The van der Waals surface area contributed by atoms with Crippen LogP contribution in [-0.4, -0.2) is 38.6 Å². The molecular weight excluding hydrogens is 317 g/mol. The lowest BCUT2D eigenvalue weighted by atomic mass is 10.1. The SMILES string of the molecule is Cc1nnsc1C(=O)N(CC(C)C)C[C@H](O)c1ccc(F)cc1. The molecule has 1 aromatic heterocycles. The number of aromatic nitrogens is 2.